The quantitative estimate of drug-likeness (QED) is 0.210. The fourth-order valence-corrected chi connectivity index (χ4v) is 4.52. The Balaban J connectivity index is 0.00000341. The van der Waals surface area contributed by atoms with E-state index in [0.29, 0.717) is 6.10 Å². The lowest BCUT2D eigenvalue weighted by Gasteiger charge is -2.34. The van der Waals surface area contributed by atoms with Gasteiger partial charge in [0.05, 0.1) is 19.8 Å². The molecule has 2 aromatic rings. The van der Waals surface area contributed by atoms with Crippen LogP contribution in [0.2, 0.25) is 0 Å². The van der Waals surface area contributed by atoms with Gasteiger partial charge in [0.15, 0.2) is 5.96 Å². The third-order valence-electron chi connectivity index (χ3n) is 5.26. The molecule has 2 heterocycles. The van der Waals surface area contributed by atoms with Crippen LogP contribution in [0.3, 0.4) is 0 Å². The van der Waals surface area contributed by atoms with Crippen LogP contribution in [0, 0.1) is 0 Å². The zero-order chi connectivity index (χ0) is 21.2. The number of nitrogens with zero attached hydrogens (tertiary/aromatic N) is 2. The van der Waals surface area contributed by atoms with E-state index >= 15 is 0 Å². The average molecular weight is 560 g/mol. The third-order valence-corrected chi connectivity index (χ3v) is 6.39. The largest absolute Gasteiger partial charge is 0.497 e. The molecule has 1 fully saturated rings. The van der Waals surface area contributed by atoms with E-state index in [0.717, 1.165) is 63.8 Å². The number of halogens is 1. The van der Waals surface area contributed by atoms with E-state index in [1.54, 1.807) is 25.6 Å². The molecule has 1 aromatic heterocycles. The molecule has 1 aromatic carbocycles. The Morgan fingerprint density at radius 1 is 1.10 bits per heavy atom. The Bertz CT molecular complexity index is 790. The molecular formula is C23H34IN3O3S. The number of aliphatic imine (C=N–C) groups is 1. The Labute approximate surface area is 207 Å². The van der Waals surface area contributed by atoms with Crippen LogP contribution in [0.4, 0.5) is 0 Å². The van der Waals surface area contributed by atoms with E-state index < -0.39 is 0 Å². The molecule has 6 nitrogen and oxygen atoms in total. The van der Waals surface area contributed by atoms with Gasteiger partial charge in [0.25, 0.3) is 0 Å². The first-order valence-corrected chi connectivity index (χ1v) is 11.3. The Morgan fingerprint density at radius 3 is 2.48 bits per heavy atom. The predicted molar refractivity (Wildman–Crippen MR) is 139 cm³/mol. The van der Waals surface area contributed by atoms with Gasteiger partial charge in [-0.25, -0.2) is 0 Å². The predicted octanol–water partition coefficient (Wildman–Crippen LogP) is 4.63. The number of piperidine rings is 1. The van der Waals surface area contributed by atoms with Crippen molar-refractivity contribution in [1.29, 1.82) is 0 Å². The maximum absolute atomic E-state index is 5.96. The SMILES string of the molecule is CN=C(NCc1ccc(-c2ccc(OC)cc2)s1)N1CCC(OCCCOC)CC1.I. The van der Waals surface area contributed by atoms with Crippen molar-refractivity contribution in [2.24, 2.45) is 4.99 Å². The van der Waals surface area contributed by atoms with Crippen LogP contribution in [0.25, 0.3) is 10.4 Å². The maximum Gasteiger partial charge on any atom is 0.193 e. The number of hydrogen-bond acceptors (Lipinski definition) is 5. The summed E-state index contributed by atoms with van der Waals surface area (Å²) in [5.41, 5.74) is 1.21. The summed E-state index contributed by atoms with van der Waals surface area (Å²) in [5.74, 6) is 1.84. The van der Waals surface area contributed by atoms with E-state index in [2.05, 4.69) is 39.5 Å². The number of ether oxygens (including phenoxy) is 3. The minimum Gasteiger partial charge on any atom is -0.497 e. The van der Waals surface area contributed by atoms with Gasteiger partial charge in [-0.05, 0) is 61.2 Å². The molecule has 31 heavy (non-hydrogen) atoms. The molecule has 0 bridgehead atoms. The summed E-state index contributed by atoms with van der Waals surface area (Å²) in [6, 6.07) is 12.6. The van der Waals surface area contributed by atoms with Crippen LogP contribution < -0.4 is 10.1 Å². The highest BCUT2D eigenvalue weighted by atomic mass is 127. The summed E-state index contributed by atoms with van der Waals surface area (Å²) in [6.45, 7) is 4.26. The molecule has 0 amide bonds. The minimum absolute atomic E-state index is 0. The summed E-state index contributed by atoms with van der Waals surface area (Å²) in [4.78, 5) is 9.36. The number of hydrogen-bond donors (Lipinski definition) is 1. The molecule has 1 aliphatic heterocycles. The zero-order valence-corrected chi connectivity index (χ0v) is 21.8. The lowest BCUT2D eigenvalue weighted by atomic mass is 10.1. The van der Waals surface area contributed by atoms with E-state index in [4.69, 9.17) is 14.2 Å². The highest BCUT2D eigenvalue weighted by Gasteiger charge is 2.21. The van der Waals surface area contributed by atoms with Gasteiger partial charge in [0, 0.05) is 50.2 Å². The summed E-state index contributed by atoms with van der Waals surface area (Å²) in [5, 5.41) is 3.52. The Kier molecular flexibility index (Phi) is 11.6. The van der Waals surface area contributed by atoms with Crippen LogP contribution >= 0.6 is 35.3 Å². The molecule has 0 spiro atoms. The molecule has 1 N–H and O–H groups in total. The molecule has 3 rings (SSSR count). The van der Waals surface area contributed by atoms with Crippen molar-refractivity contribution in [3.05, 3.63) is 41.3 Å². The lowest BCUT2D eigenvalue weighted by Crippen LogP contribution is -2.46. The normalized spacial score (nSPS) is 14.9. The van der Waals surface area contributed by atoms with Gasteiger partial charge in [0.1, 0.15) is 5.75 Å². The number of benzene rings is 1. The monoisotopic (exact) mass is 559 g/mol. The van der Waals surface area contributed by atoms with E-state index in [1.165, 1.54) is 15.3 Å². The second kappa shape index (κ2) is 13.9. The van der Waals surface area contributed by atoms with Gasteiger partial charge in [-0.15, -0.1) is 35.3 Å². The lowest BCUT2D eigenvalue weighted by molar-refractivity contribution is 0.00990. The fraction of sp³-hybridized carbons (Fsp3) is 0.522. The van der Waals surface area contributed by atoms with Crippen molar-refractivity contribution in [3.63, 3.8) is 0 Å². The van der Waals surface area contributed by atoms with Gasteiger partial charge in [-0.2, -0.15) is 0 Å². The topological polar surface area (TPSA) is 55.3 Å². The van der Waals surface area contributed by atoms with E-state index in [9.17, 15) is 0 Å². The summed E-state index contributed by atoms with van der Waals surface area (Å²) in [7, 11) is 5.27. The molecule has 0 aliphatic carbocycles. The van der Waals surface area contributed by atoms with Crippen LogP contribution in [0.15, 0.2) is 41.4 Å². The first-order chi connectivity index (χ1) is 14.7. The summed E-state index contributed by atoms with van der Waals surface area (Å²) < 4.78 is 16.3. The minimum atomic E-state index is 0. The number of thiophene rings is 1. The molecule has 1 aliphatic rings. The molecule has 172 valence electrons. The van der Waals surface area contributed by atoms with Crippen LogP contribution in [0.5, 0.6) is 5.75 Å². The van der Waals surface area contributed by atoms with Crippen LogP contribution in [0.1, 0.15) is 24.1 Å². The third kappa shape index (κ3) is 7.93. The first-order valence-electron chi connectivity index (χ1n) is 10.5. The molecular weight excluding hydrogens is 525 g/mol. The standard InChI is InChI=1S/C23H33N3O3S.HI/c1-24-23(26-13-11-20(12-14-26)29-16-4-15-27-2)25-17-21-9-10-22(30-21)18-5-7-19(28-3)8-6-18;/h5-10,20H,4,11-17H2,1-3H3,(H,24,25);1H. The number of rotatable bonds is 9. The second-order valence-corrected chi connectivity index (χ2v) is 8.47. The smallest absolute Gasteiger partial charge is 0.193 e. The maximum atomic E-state index is 5.96. The van der Waals surface area contributed by atoms with Crippen molar-refractivity contribution >= 4 is 41.3 Å². The highest BCUT2D eigenvalue weighted by molar-refractivity contribution is 14.0. The number of likely N-dealkylation sites (tertiary alicyclic amines) is 1. The molecule has 0 saturated carbocycles. The van der Waals surface area contributed by atoms with Gasteiger partial charge in [-0.1, -0.05) is 0 Å². The molecule has 0 radical (unpaired) electrons. The van der Waals surface area contributed by atoms with E-state index in [-0.39, 0.29) is 24.0 Å². The van der Waals surface area contributed by atoms with Crippen LogP contribution in [-0.4, -0.2) is 64.5 Å². The summed E-state index contributed by atoms with van der Waals surface area (Å²) >= 11 is 1.80. The number of nitrogens with one attached hydrogen (secondary N) is 1. The van der Waals surface area contributed by atoms with Gasteiger partial charge < -0.3 is 24.4 Å². The number of guanidine groups is 1. The fourth-order valence-electron chi connectivity index (χ4n) is 3.57. The van der Waals surface area contributed by atoms with Crippen LogP contribution in [-0.2, 0) is 16.0 Å². The highest BCUT2D eigenvalue weighted by Crippen LogP contribution is 2.29. The first kappa shape index (κ1) is 25.9. The second-order valence-electron chi connectivity index (χ2n) is 7.30. The molecule has 0 unspecified atom stereocenters. The van der Waals surface area contributed by atoms with Crippen molar-refractivity contribution in [2.45, 2.75) is 31.9 Å². The Hall–Kier alpha value is -1.36. The average Bonchev–Trinajstić information content (AvgIpc) is 3.27. The summed E-state index contributed by atoms with van der Waals surface area (Å²) in [6.07, 6.45) is 3.38. The van der Waals surface area contributed by atoms with E-state index in [1.807, 2.05) is 19.2 Å². The van der Waals surface area contributed by atoms with Gasteiger partial charge >= 0.3 is 0 Å². The zero-order valence-electron chi connectivity index (χ0n) is 18.6. The Morgan fingerprint density at radius 2 is 1.84 bits per heavy atom. The van der Waals surface area contributed by atoms with Crippen molar-refractivity contribution in [3.8, 4) is 16.2 Å². The molecule has 1 saturated heterocycles. The molecule has 0 atom stereocenters. The number of methoxy groups -OCH3 is 2. The van der Waals surface area contributed by atoms with Crippen molar-refractivity contribution < 1.29 is 14.2 Å². The van der Waals surface area contributed by atoms with Gasteiger partial charge in [0.2, 0.25) is 0 Å². The molecule has 8 heteroatoms. The van der Waals surface area contributed by atoms with Crippen molar-refractivity contribution in [2.75, 3.05) is 47.6 Å². The van der Waals surface area contributed by atoms with Crippen molar-refractivity contribution in [1.82, 2.24) is 10.2 Å². The van der Waals surface area contributed by atoms with Gasteiger partial charge in [-0.3, -0.25) is 4.99 Å².